The van der Waals surface area contributed by atoms with Gasteiger partial charge < -0.3 is 10.0 Å². The van der Waals surface area contributed by atoms with E-state index in [1.165, 1.54) is 0 Å². The molecule has 0 amide bonds. The van der Waals surface area contributed by atoms with E-state index >= 15 is 0 Å². The summed E-state index contributed by atoms with van der Waals surface area (Å²) in [7, 11) is -1.51. The third-order valence-corrected chi connectivity index (χ3v) is 3.66. The van der Waals surface area contributed by atoms with Gasteiger partial charge >= 0.3 is 7.12 Å². The molecule has 100 valence electrons. The van der Waals surface area contributed by atoms with Crippen molar-refractivity contribution in [2.24, 2.45) is 0 Å². The van der Waals surface area contributed by atoms with Crippen molar-refractivity contribution in [1.29, 1.82) is 0 Å². The topological polar surface area (TPSA) is 53.4 Å². The van der Waals surface area contributed by atoms with E-state index in [9.17, 15) is 10.0 Å². The van der Waals surface area contributed by atoms with Crippen molar-refractivity contribution in [1.82, 2.24) is 4.98 Å². The Morgan fingerprint density at radius 3 is 2.35 bits per heavy atom. The minimum atomic E-state index is -1.51. The Kier molecular flexibility index (Phi) is 3.20. The van der Waals surface area contributed by atoms with Crippen molar-refractivity contribution >= 4 is 34.4 Å². The molecule has 0 spiro atoms. The van der Waals surface area contributed by atoms with Gasteiger partial charge in [0, 0.05) is 16.2 Å². The molecular formula is C16H16BNO2. The molecule has 0 unspecified atom stereocenters. The van der Waals surface area contributed by atoms with Gasteiger partial charge in [-0.15, -0.1) is 0 Å². The van der Waals surface area contributed by atoms with E-state index in [4.69, 9.17) is 4.98 Å². The van der Waals surface area contributed by atoms with Gasteiger partial charge in [-0.1, -0.05) is 50.2 Å². The van der Waals surface area contributed by atoms with Crippen molar-refractivity contribution in [3.05, 3.63) is 48.0 Å². The normalized spacial score (nSPS) is 11.4. The first kappa shape index (κ1) is 13.1. The second-order valence-corrected chi connectivity index (χ2v) is 5.31. The van der Waals surface area contributed by atoms with E-state index in [1.807, 2.05) is 42.5 Å². The summed E-state index contributed by atoms with van der Waals surface area (Å²) in [5.41, 5.74) is 3.30. The van der Waals surface area contributed by atoms with Crippen LogP contribution in [-0.2, 0) is 0 Å². The lowest BCUT2D eigenvalue weighted by molar-refractivity contribution is 0.426. The Labute approximate surface area is 118 Å². The lowest BCUT2D eigenvalue weighted by atomic mass is 9.75. The highest BCUT2D eigenvalue weighted by molar-refractivity contribution is 6.65. The number of para-hydroxylation sites is 2. The van der Waals surface area contributed by atoms with Crippen LogP contribution in [0.25, 0.3) is 21.8 Å². The molecule has 20 heavy (non-hydrogen) atoms. The number of hydrogen-bond donors (Lipinski definition) is 2. The Hall–Kier alpha value is -1.91. The molecule has 0 fully saturated rings. The maximum atomic E-state index is 9.78. The van der Waals surface area contributed by atoms with Gasteiger partial charge in [0.2, 0.25) is 0 Å². The molecule has 2 aromatic carbocycles. The van der Waals surface area contributed by atoms with Crippen LogP contribution in [0.1, 0.15) is 25.3 Å². The van der Waals surface area contributed by atoms with Crippen LogP contribution in [0.5, 0.6) is 0 Å². The van der Waals surface area contributed by atoms with Gasteiger partial charge in [0.25, 0.3) is 0 Å². The molecule has 3 nitrogen and oxygen atoms in total. The molecular weight excluding hydrogens is 249 g/mol. The maximum absolute atomic E-state index is 9.78. The van der Waals surface area contributed by atoms with Crippen LogP contribution in [0.2, 0.25) is 0 Å². The molecule has 0 bridgehead atoms. The number of nitrogens with zero attached hydrogens (tertiary/aromatic N) is 1. The predicted molar refractivity (Wildman–Crippen MR) is 83.2 cm³/mol. The lowest BCUT2D eigenvalue weighted by Crippen LogP contribution is -2.31. The summed E-state index contributed by atoms with van der Waals surface area (Å²) in [4.78, 5) is 4.72. The lowest BCUT2D eigenvalue weighted by Gasteiger charge is -2.14. The van der Waals surface area contributed by atoms with Crippen molar-refractivity contribution in [2.45, 2.75) is 19.8 Å². The van der Waals surface area contributed by atoms with Crippen LogP contribution >= 0.6 is 0 Å². The summed E-state index contributed by atoms with van der Waals surface area (Å²) in [6.07, 6.45) is 0. The molecule has 0 atom stereocenters. The quantitative estimate of drug-likeness (QED) is 0.551. The predicted octanol–water partition coefficient (Wildman–Crippen LogP) is 2.19. The van der Waals surface area contributed by atoms with Crippen molar-refractivity contribution < 1.29 is 10.0 Å². The number of aromatic nitrogens is 1. The number of hydrogen-bond acceptors (Lipinski definition) is 3. The zero-order valence-electron chi connectivity index (χ0n) is 11.5. The van der Waals surface area contributed by atoms with Gasteiger partial charge in [0.1, 0.15) is 0 Å². The third-order valence-electron chi connectivity index (χ3n) is 3.66. The molecule has 3 rings (SSSR count). The van der Waals surface area contributed by atoms with Crippen LogP contribution in [0, 0.1) is 0 Å². The number of benzene rings is 2. The summed E-state index contributed by atoms with van der Waals surface area (Å²) < 4.78 is 0. The Morgan fingerprint density at radius 1 is 0.950 bits per heavy atom. The Balaban J connectivity index is 2.53. The van der Waals surface area contributed by atoms with Crippen molar-refractivity contribution in [2.75, 3.05) is 0 Å². The maximum Gasteiger partial charge on any atom is 0.489 e. The number of rotatable bonds is 2. The van der Waals surface area contributed by atoms with Gasteiger partial charge in [-0.3, -0.25) is 0 Å². The third kappa shape index (κ3) is 1.97. The summed E-state index contributed by atoms with van der Waals surface area (Å²) in [5, 5.41) is 21.2. The molecule has 4 heteroatoms. The standard InChI is InChI=1S/C16H16BNO2/c1-10(2)11-7-5-8-13-15(17(19)20)12-6-3-4-9-14(12)18-16(11)13/h3-10,19-20H,1-2H3. The smallest absolute Gasteiger partial charge is 0.423 e. The summed E-state index contributed by atoms with van der Waals surface area (Å²) in [5.74, 6) is 0.330. The zero-order valence-corrected chi connectivity index (χ0v) is 11.5. The largest absolute Gasteiger partial charge is 0.489 e. The first-order valence-electron chi connectivity index (χ1n) is 6.77. The highest BCUT2D eigenvalue weighted by atomic mass is 16.4. The summed E-state index contributed by atoms with van der Waals surface area (Å²) in [6, 6.07) is 13.5. The first-order chi connectivity index (χ1) is 9.59. The summed E-state index contributed by atoms with van der Waals surface area (Å²) in [6.45, 7) is 4.22. The minimum Gasteiger partial charge on any atom is -0.423 e. The number of pyridine rings is 1. The fourth-order valence-corrected chi connectivity index (χ4v) is 2.71. The van der Waals surface area contributed by atoms with Gasteiger partial charge in [0.05, 0.1) is 11.0 Å². The van der Waals surface area contributed by atoms with Crippen molar-refractivity contribution in [3.63, 3.8) is 0 Å². The van der Waals surface area contributed by atoms with Crippen LogP contribution in [0.4, 0.5) is 0 Å². The van der Waals surface area contributed by atoms with E-state index in [-0.39, 0.29) is 0 Å². The molecule has 0 saturated carbocycles. The van der Waals surface area contributed by atoms with Crippen LogP contribution in [0.3, 0.4) is 0 Å². The average Bonchev–Trinajstić information content (AvgIpc) is 2.43. The van der Waals surface area contributed by atoms with E-state index in [0.717, 1.165) is 27.4 Å². The Morgan fingerprint density at radius 2 is 1.65 bits per heavy atom. The van der Waals surface area contributed by atoms with E-state index < -0.39 is 7.12 Å². The van der Waals surface area contributed by atoms with Gasteiger partial charge in [0.15, 0.2) is 0 Å². The van der Waals surface area contributed by atoms with Crippen LogP contribution in [0.15, 0.2) is 42.5 Å². The molecule has 2 N–H and O–H groups in total. The molecule has 3 aromatic rings. The first-order valence-corrected chi connectivity index (χ1v) is 6.77. The van der Waals surface area contributed by atoms with Gasteiger partial charge in [-0.05, 0) is 17.5 Å². The molecule has 0 radical (unpaired) electrons. The molecule has 0 aliphatic carbocycles. The zero-order chi connectivity index (χ0) is 14.3. The molecule has 0 aliphatic heterocycles. The highest BCUT2D eigenvalue weighted by Crippen LogP contribution is 2.25. The van der Waals surface area contributed by atoms with Gasteiger partial charge in [-0.25, -0.2) is 4.98 Å². The van der Waals surface area contributed by atoms with E-state index in [0.29, 0.717) is 11.4 Å². The Bertz CT molecular complexity index is 784. The number of fused-ring (bicyclic) bond motifs is 2. The molecule has 1 heterocycles. The fraction of sp³-hybridized carbons (Fsp3) is 0.188. The van der Waals surface area contributed by atoms with E-state index in [1.54, 1.807) is 0 Å². The van der Waals surface area contributed by atoms with Crippen LogP contribution in [-0.4, -0.2) is 22.2 Å². The second kappa shape index (κ2) is 4.89. The summed E-state index contributed by atoms with van der Waals surface area (Å²) >= 11 is 0. The van der Waals surface area contributed by atoms with Gasteiger partial charge in [-0.2, -0.15) is 0 Å². The SMILES string of the molecule is CC(C)c1cccc2c(B(O)O)c3ccccc3nc12. The highest BCUT2D eigenvalue weighted by Gasteiger charge is 2.21. The fourth-order valence-electron chi connectivity index (χ4n) is 2.71. The monoisotopic (exact) mass is 265 g/mol. The minimum absolute atomic E-state index is 0.330. The molecule has 0 aliphatic rings. The molecule has 1 aromatic heterocycles. The molecule has 0 saturated heterocycles. The van der Waals surface area contributed by atoms with Crippen molar-refractivity contribution in [3.8, 4) is 0 Å². The van der Waals surface area contributed by atoms with E-state index in [2.05, 4.69) is 13.8 Å². The van der Waals surface area contributed by atoms with Crippen LogP contribution < -0.4 is 5.46 Å². The second-order valence-electron chi connectivity index (χ2n) is 5.31. The average molecular weight is 265 g/mol.